The number of methoxy groups -OCH3 is 1. The third-order valence-electron chi connectivity index (χ3n) is 4.16. The Morgan fingerprint density at radius 2 is 1.78 bits per heavy atom. The minimum absolute atomic E-state index is 0.273. The van der Waals surface area contributed by atoms with Gasteiger partial charge in [0, 0.05) is 17.1 Å². The molecular formula is C20H21N3O3S. The highest BCUT2D eigenvalue weighted by Crippen LogP contribution is 2.24. The van der Waals surface area contributed by atoms with Gasteiger partial charge in [-0.3, -0.25) is 10.1 Å². The first-order chi connectivity index (χ1) is 13.0. The Morgan fingerprint density at radius 3 is 2.44 bits per heavy atom. The fourth-order valence-electron chi connectivity index (χ4n) is 2.38. The predicted octanol–water partition coefficient (Wildman–Crippen LogP) is 4.24. The predicted molar refractivity (Wildman–Crippen MR) is 107 cm³/mol. The summed E-state index contributed by atoms with van der Waals surface area (Å²) < 4.78 is 15.2. The first kappa shape index (κ1) is 18.8. The van der Waals surface area contributed by atoms with Gasteiger partial charge in [-0.15, -0.1) is 0 Å². The van der Waals surface area contributed by atoms with Crippen molar-refractivity contribution in [3.63, 3.8) is 0 Å². The van der Waals surface area contributed by atoms with Crippen molar-refractivity contribution < 1.29 is 14.3 Å². The Balaban J connectivity index is 1.63. The zero-order chi connectivity index (χ0) is 19.4. The van der Waals surface area contributed by atoms with E-state index in [0.29, 0.717) is 16.7 Å². The van der Waals surface area contributed by atoms with Crippen molar-refractivity contribution in [2.24, 2.45) is 0 Å². The van der Waals surface area contributed by atoms with Gasteiger partial charge in [-0.2, -0.15) is 9.36 Å². The molecule has 0 saturated heterocycles. The van der Waals surface area contributed by atoms with Crippen LogP contribution in [0.5, 0.6) is 11.5 Å². The smallest absolute Gasteiger partial charge is 0.266 e. The molecule has 0 bridgehead atoms. The van der Waals surface area contributed by atoms with E-state index in [-0.39, 0.29) is 5.91 Å². The standard InChI is InChI=1S/C20H21N3O3S/c1-12-5-8-17(11-13(12)2)26-14(3)19(24)22-20-21-18(23-27-20)15-6-9-16(25-4)10-7-15/h5-11,14H,1-4H3,(H,21,22,23,24). The van der Waals surface area contributed by atoms with E-state index in [2.05, 4.69) is 14.7 Å². The van der Waals surface area contributed by atoms with Gasteiger partial charge < -0.3 is 9.47 Å². The molecule has 1 unspecified atom stereocenters. The number of hydrogen-bond donors (Lipinski definition) is 1. The number of aromatic nitrogens is 2. The molecule has 0 aliphatic carbocycles. The molecule has 1 aromatic heterocycles. The van der Waals surface area contributed by atoms with Crippen molar-refractivity contribution in [3.8, 4) is 22.9 Å². The molecule has 1 N–H and O–H groups in total. The van der Waals surface area contributed by atoms with Crippen LogP contribution in [0.25, 0.3) is 11.4 Å². The number of aryl methyl sites for hydroxylation is 2. The molecule has 3 rings (SSSR count). The second-order valence-corrected chi connectivity index (χ2v) is 6.90. The van der Waals surface area contributed by atoms with Gasteiger partial charge in [-0.25, -0.2) is 0 Å². The number of benzene rings is 2. The van der Waals surface area contributed by atoms with E-state index >= 15 is 0 Å². The molecule has 6 nitrogen and oxygen atoms in total. The molecule has 0 aliphatic heterocycles. The molecule has 2 aromatic carbocycles. The maximum atomic E-state index is 12.4. The molecule has 140 valence electrons. The lowest BCUT2D eigenvalue weighted by atomic mass is 10.1. The molecular weight excluding hydrogens is 362 g/mol. The quantitative estimate of drug-likeness (QED) is 0.689. The fraction of sp³-hybridized carbons (Fsp3) is 0.250. The van der Waals surface area contributed by atoms with E-state index in [1.54, 1.807) is 14.0 Å². The van der Waals surface area contributed by atoms with Crippen molar-refractivity contribution in [2.75, 3.05) is 12.4 Å². The average Bonchev–Trinajstić information content (AvgIpc) is 3.13. The zero-order valence-electron chi connectivity index (χ0n) is 15.6. The van der Waals surface area contributed by atoms with Gasteiger partial charge in [0.25, 0.3) is 5.91 Å². The Bertz CT molecular complexity index is 938. The number of carbonyl (C=O) groups is 1. The molecule has 0 aliphatic rings. The Kier molecular flexibility index (Phi) is 5.71. The van der Waals surface area contributed by atoms with Crippen LogP contribution in [0.3, 0.4) is 0 Å². The third kappa shape index (κ3) is 4.62. The monoisotopic (exact) mass is 383 g/mol. The Morgan fingerprint density at radius 1 is 1.07 bits per heavy atom. The van der Waals surface area contributed by atoms with Crippen molar-refractivity contribution in [2.45, 2.75) is 26.9 Å². The van der Waals surface area contributed by atoms with E-state index in [1.807, 2.05) is 56.3 Å². The van der Waals surface area contributed by atoms with E-state index in [4.69, 9.17) is 9.47 Å². The second kappa shape index (κ2) is 8.18. The van der Waals surface area contributed by atoms with E-state index in [0.717, 1.165) is 28.4 Å². The highest BCUT2D eigenvalue weighted by Gasteiger charge is 2.17. The molecule has 27 heavy (non-hydrogen) atoms. The van der Waals surface area contributed by atoms with Crippen LogP contribution in [0.1, 0.15) is 18.1 Å². The zero-order valence-corrected chi connectivity index (χ0v) is 16.5. The van der Waals surface area contributed by atoms with Gasteiger partial charge in [0.15, 0.2) is 11.9 Å². The molecule has 0 radical (unpaired) electrons. The van der Waals surface area contributed by atoms with Crippen molar-refractivity contribution >= 4 is 22.6 Å². The molecule has 0 spiro atoms. The number of carbonyl (C=O) groups excluding carboxylic acids is 1. The summed E-state index contributed by atoms with van der Waals surface area (Å²) in [5.41, 5.74) is 3.15. The summed E-state index contributed by atoms with van der Waals surface area (Å²) in [6.45, 7) is 5.75. The molecule has 1 heterocycles. The van der Waals surface area contributed by atoms with Crippen LogP contribution in [0.2, 0.25) is 0 Å². The fourth-order valence-corrected chi connectivity index (χ4v) is 2.98. The number of nitrogens with zero attached hydrogens (tertiary/aromatic N) is 2. The van der Waals surface area contributed by atoms with E-state index in [9.17, 15) is 4.79 Å². The van der Waals surface area contributed by atoms with Crippen LogP contribution in [0.4, 0.5) is 5.13 Å². The van der Waals surface area contributed by atoms with Gasteiger partial charge >= 0.3 is 0 Å². The van der Waals surface area contributed by atoms with Crippen LogP contribution in [-0.4, -0.2) is 28.5 Å². The van der Waals surface area contributed by atoms with Gasteiger partial charge in [0.1, 0.15) is 11.5 Å². The number of amides is 1. The number of anilines is 1. The van der Waals surface area contributed by atoms with Crippen LogP contribution < -0.4 is 14.8 Å². The van der Waals surface area contributed by atoms with E-state index in [1.165, 1.54) is 5.56 Å². The van der Waals surface area contributed by atoms with Crippen LogP contribution in [-0.2, 0) is 4.79 Å². The highest BCUT2D eigenvalue weighted by atomic mass is 32.1. The normalized spacial score (nSPS) is 11.7. The molecule has 3 aromatic rings. The summed E-state index contributed by atoms with van der Waals surface area (Å²) in [4.78, 5) is 16.8. The summed E-state index contributed by atoms with van der Waals surface area (Å²) in [5, 5.41) is 3.19. The summed E-state index contributed by atoms with van der Waals surface area (Å²) in [6, 6.07) is 13.2. The number of hydrogen-bond acceptors (Lipinski definition) is 6. The molecule has 1 atom stereocenters. The first-order valence-corrected chi connectivity index (χ1v) is 9.26. The minimum atomic E-state index is -0.652. The van der Waals surface area contributed by atoms with Crippen LogP contribution in [0, 0.1) is 13.8 Å². The van der Waals surface area contributed by atoms with Crippen LogP contribution in [0.15, 0.2) is 42.5 Å². The Hall–Kier alpha value is -2.93. The maximum Gasteiger partial charge on any atom is 0.266 e. The number of nitrogens with one attached hydrogen (secondary N) is 1. The van der Waals surface area contributed by atoms with Gasteiger partial charge in [-0.1, -0.05) is 6.07 Å². The summed E-state index contributed by atoms with van der Waals surface area (Å²) in [5.74, 6) is 1.71. The van der Waals surface area contributed by atoms with Crippen molar-refractivity contribution in [1.29, 1.82) is 0 Å². The summed E-state index contributed by atoms with van der Waals surface area (Å²) in [6.07, 6.45) is -0.652. The third-order valence-corrected chi connectivity index (χ3v) is 4.80. The lowest BCUT2D eigenvalue weighted by Crippen LogP contribution is -2.30. The summed E-state index contributed by atoms with van der Waals surface area (Å²) in [7, 11) is 1.62. The van der Waals surface area contributed by atoms with Crippen molar-refractivity contribution in [3.05, 3.63) is 53.6 Å². The number of ether oxygens (including phenoxy) is 2. The summed E-state index contributed by atoms with van der Waals surface area (Å²) >= 11 is 1.13. The molecule has 0 saturated carbocycles. The lowest BCUT2D eigenvalue weighted by molar-refractivity contribution is -0.122. The molecule has 7 heteroatoms. The number of rotatable bonds is 6. The van der Waals surface area contributed by atoms with Gasteiger partial charge in [-0.05, 0) is 68.3 Å². The average molecular weight is 383 g/mol. The Labute approximate surface area is 162 Å². The molecule has 1 amide bonds. The largest absolute Gasteiger partial charge is 0.497 e. The van der Waals surface area contributed by atoms with Crippen LogP contribution >= 0.6 is 11.5 Å². The molecule has 0 fully saturated rings. The maximum absolute atomic E-state index is 12.4. The minimum Gasteiger partial charge on any atom is -0.497 e. The topological polar surface area (TPSA) is 73.3 Å². The van der Waals surface area contributed by atoms with Gasteiger partial charge in [0.05, 0.1) is 7.11 Å². The SMILES string of the molecule is COc1ccc(-c2nsc(NC(=O)C(C)Oc3ccc(C)c(C)c3)n2)cc1. The second-order valence-electron chi connectivity index (χ2n) is 6.15. The first-order valence-electron chi connectivity index (χ1n) is 8.49. The van der Waals surface area contributed by atoms with E-state index < -0.39 is 6.10 Å². The lowest BCUT2D eigenvalue weighted by Gasteiger charge is -2.14. The highest BCUT2D eigenvalue weighted by molar-refractivity contribution is 7.10. The van der Waals surface area contributed by atoms with Crippen molar-refractivity contribution in [1.82, 2.24) is 9.36 Å². The van der Waals surface area contributed by atoms with Gasteiger partial charge in [0.2, 0.25) is 5.13 Å².